The fraction of sp³-hybridized carbons (Fsp3) is 0.375. The molecule has 1 aliphatic carbocycles. The van der Waals surface area contributed by atoms with Crippen LogP contribution in [0.15, 0.2) is 29.0 Å². The van der Waals surface area contributed by atoms with E-state index in [-0.39, 0.29) is 6.84 Å². The Morgan fingerprint density at radius 2 is 2.70 bits per heavy atom. The number of fused-ring (bicyclic) bond motifs is 1. The minimum Gasteiger partial charge on any atom is -0.282 e. The smallest absolute Gasteiger partial charge is 0.0496 e. The molecule has 1 heterocycles. The lowest BCUT2D eigenvalue weighted by Gasteiger charge is -2.22. The van der Waals surface area contributed by atoms with Gasteiger partial charge in [0.2, 0.25) is 0 Å². The molecule has 1 atom stereocenters. The van der Waals surface area contributed by atoms with Gasteiger partial charge in [-0.3, -0.25) is 5.43 Å². The van der Waals surface area contributed by atoms with Crippen LogP contribution in [0.5, 0.6) is 0 Å². The van der Waals surface area contributed by atoms with Crippen LogP contribution in [-0.4, -0.2) is 6.21 Å². The molecule has 0 spiro atoms. The molecular weight excluding hydrogens is 124 g/mol. The maximum Gasteiger partial charge on any atom is 0.0496 e. The molecule has 0 amide bonds. The third-order valence-electron chi connectivity index (χ3n) is 2.09. The first-order valence-corrected chi connectivity index (χ1v) is 3.49. The van der Waals surface area contributed by atoms with Gasteiger partial charge >= 0.3 is 0 Å². The van der Waals surface area contributed by atoms with E-state index in [0.29, 0.717) is 0 Å². The van der Waals surface area contributed by atoms with Crippen LogP contribution in [0, 0.1) is 5.41 Å². The van der Waals surface area contributed by atoms with E-state index in [4.69, 9.17) is 0 Å². The summed E-state index contributed by atoms with van der Waals surface area (Å²) in [4.78, 5) is 0. The predicted octanol–water partition coefficient (Wildman–Crippen LogP) is 1.67. The zero-order valence-electron chi connectivity index (χ0n) is 5.96. The highest BCUT2D eigenvalue weighted by molar-refractivity contribution is 5.73. The first kappa shape index (κ1) is 5.71. The second-order valence-electron chi connectivity index (χ2n) is 3.00. The zero-order chi connectivity index (χ0) is 7.03. The van der Waals surface area contributed by atoms with Crippen LogP contribution in [-0.2, 0) is 0 Å². The van der Waals surface area contributed by atoms with Gasteiger partial charge in [0.05, 0.1) is 0 Å². The van der Waals surface area contributed by atoms with Crippen molar-refractivity contribution in [1.82, 2.24) is 5.43 Å². The summed E-state index contributed by atoms with van der Waals surface area (Å²) < 4.78 is 0. The van der Waals surface area contributed by atoms with Crippen LogP contribution in [0.25, 0.3) is 0 Å². The van der Waals surface area contributed by atoms with E-state index in [0.717, 1.165) is 6.42 Å². The second kappa shape index (κ2) is 1.72. The number of hydrazone groups is 1. The molecule has 0 fully saturated rings. The number of rotatable bonds is 0. The van der Waals surface area contributed by atoms with Gasteiger partial charge in [-0.05, 0) is 19.4 Å². The van der Waals surface area contributed by atoms with Crippen LogP contribution in [0.4, 0.5) is 0 Å². The molecular formula is C8H12N2. The summed E-state index contributed by atoms with van der Waals surface area (Å²) in [5.41, 5.74) is 4.36. The number of hydrogen-bond acceptors (Lipinski definition) is 2. The molecule has 1 aliphatic heterocycles. The summed E-state index contributed by atoms with van der Waals surface area (Å²) in [6, 6.07) is 0. The van der Waals surface area contributed by atoms with E-state index in [1.165, 1.54) is 5.70 Å². The minimum absolute atomic E-state index is 0. The topological polar surface area (TPSA) is 24.4 Å². The van der Waals surface area contributed by atoms with Gasteiger partial charge in [-0.15, -0.1) is 0 Å². The van der Waals surface area contributed by atoms with Gasteiger partial charge in [0.1, 0.15) is 0 Å². The third kappa shape index (κ3) is 0.618. The lowest BCUT2D eigenvalue weighted by molar-refractivity contribution is 0.561. The highest BCUT2D eigenvalue weighted by Gasteiger charge is 2.30. The van der Waals surface area contributed by atoms with Gasteiger partial charge in [-0.2, -0.15) is 5.10 Å². The standard InChI is InChI=1S/C8H10N2.H2/c1-8-5-3-2-4-7(8)10-9-6-8;/h2-4,6,10H,5H2,1H3;1H. The monoisotopic (exact) mass is 136 g/mol. The molecule has 0 saturated carbocycles. The quantitative estimate of drug-likeness (QED) is 0.538. The first-order valence-electron chi connectivity index (χ1n) is 3.49. The average molecular weight is 136 g/mol. The molecule has 0 aromatic carbocycles. The Morgan fingerprint density at radius 3 is 3.50 bits per heavy atom. The molecule has 54 valence electrons. The van der Waals surface area contributed by atoms with E-state index in [1.807, 2.05) is 6.21 Å². The Morgan fingerprint density at radius 1 is 1.80 bits per heavy atom. The maximum absolute atomic E-state index is 4.02. The molecule has 0 aromatic heterocycles. The zero-order valence-corrected chi connectivity index (χ0v) is 5.96. The Hall–Kier alpha value is -1.05. The molecule has 0 radical (unpaired) electrons. The summed E-state index contributed by atoms with van der Waals surface area (Å²) in [6.45, 7) is 2.19. The lowest BCUT2D eigenvalue weighted by atomic mass is 9.83. The number of nitrogens with zero attached hydrogens (tertiary/aromatic N) is 1. The number of allylic oxidation sites excluding steroid dienone is 4. The van der Waals surface area contributed by atoms with Crippen LogP contribution in [0.2, 0.25) is 0 Å². The summed E-state index contributed by atoms with van der Waals surface area (Å²) in [5.74, 6) is 0. The van der Waals surface area contributed by atoms with Crippen molar-refractivity contribution < 1.29 is 1.43 Å². The first-order chi connectivity index (χ1) is 4.81. The number of hydrogen-bond donors (Lipinski definition) is 1. The van der Waals surface area contributed by atoms with Crippen molar-refractivity contribution in [2.45, 2.75) is 13.3 Å². The molecule has 2 rings (SSSR count). The van der Waals surface area contributed by atoms with E-state index >= 15 is 0 Å². The third-order valence-corrected chi connectivity index (χ3v) is 2.09. The van der Waals surface area contributed by atoms with Crippen molar-refractivity contribution >= 4 is 6.21 Å². The summed E-state index contributed by atoms with van der Waals surface area (Å²) in [6.07, 6.45) is 9.36. The Kier molecular flexibility index (Phi) is 0.982. The summed E-state index contributed by atoms with van der Waals surface area (Å²) in [5, 5.41) is 4.02. The van der Waals surface area contributed by atoms with Gasteiger partial charge < -0.3 is 0 Å². The van der Waals surface area contributed by atoms with Gasteiger partial charge in [-0.25, -0.2) is 0 Å². The predicted molar refractivity (Wildman–Crippen MR) is 43.7 cm³/mol. The molecule has 1 unspecified atom stereocenters. The Balaban J connectivity index is 0.000000605. The van der Waals surface area contributed by atoms with E-state index < -0.39 is 0 Å². The minimum atomic E-state index is 0. The summed E-state index contributed by atoms with van der Waals surface area (Å²) in [7, 11) is 0. The van der Waals surface area contributed by atoms with Crippen molar-refractivity contribution in [3.05, 3.63) is 23.9 Å². The SMILES string of the molecule is CC12C=NNC1=CC=CC2.[HH]. The Labute approximate surface area is 61.8 Å². The summed E-state index contributed by atoms with van der Waals surface area (Å²) >= 11 is 0. The Bertz CT molecular complexity index is 242. The average Bonchev–Trinajstić information content (AvgIpc) is 2.29. The van der Waals surface area contributed by atoms with Crippen molar-refractivity contribution in [3.63, 3.8) is 0 Å². The number of nitrogens with one attached hydrogen (secondary N) is 1. The van der Waals surface area contributed by atoms with Crippen molar-refractivity contribution in [2.24, 2.45) is 10.5 Å². The molecule has 1 N–H and O–H groups in total. The normalized spacial score (nSPS) is 35.1. The van der Waals surface area contributed by atoms with Crippen LogP contribution in [0.3, 0.4) is 0 Å². The lowest BCUT2D eigenvalue weighted by Crippen LogP contribution is -2.21. The fourth-order valence-electron chi connectivity index (χ4n) is 1.31. The van der Waals surface area contributed by atoms with E-state index in [1.54, 1.807) is 0 Å². The second-order valence-corrected chi connectivity index (χ2v) is 3.00. The van der Waals surface area contributed by atoms with Gasteiger partial charge in [0.15, 0.2) is 0 Å². The highest BCUT2D eigenvalue weighted by atomic mass is 15.3. The van der Waals surface area contributed by atoms with Crippen molar-refractivity contribution in [3.8, 4) is 0 Å². The van der Waals surface area contributed by atoms with Gasteiger partial charge in [-0.1, -0.05) is 12.2 Å². The van der Waals surface area contributed by atoms with Crippen LogP contribution < -0.4 is 5.43 Å². The molecule has 2 heteroatoms. The van der Waals surface area contributed by atoms with Gasteiger partial charge in [0.25, 0.3) is 0 Å². The van der Waals surface area contributed by atoms with Crippen molar-refractivity contribution in [1.29, 1.82) is 0 Å². The van der Waals surface area contributed by atoms with Gasteiger partial charge in [0, 0.05) is 18.8 Å². The molecule has 2 nitrogen and oxygen atoms in total. The van der Waals surface area contributed by atoms with Crippen LogP contribution in [0.1, 0.15) is 14.8 Å². The molecule has 0 bridgehead atoms. The maximum atomic E-state index is 4.02. The highest BCUT2D eigenvalue weighted by Crippen LogP contribution is 2.33. The molecule has 2 aliphatic rings. The molecule has 10 heavy (non-hydrogen) atoms. The van der Waals surface area contributed by atoms with E-state index in [9.17, 15) is 0 Å². The van der Waals surface area contributed by atoms with Crippen molar-refractivity contribution in [2.75, 3.05) is 0 Å². The van der Waals surface area contributed by atoms with E-state index in [2.05, 4.69) is 35.7 Å². The fourth-order valence-corrected chi connectivity index (χ4v) is 1.31. The molecule has 0 aromatic rings. The van der Waals surface area contributed by atoms with Crippen LogP contribution >= 0.6 is 0 Å². The molecule has 0 saturated heterocycles. The largest absolute Gasteiger partial charge is 0.282 e.